The first-order valence-corrected chi connectivity index (χ1v) is 8.87. The Hall–Kier alpha value is -2.64. The molecule has 0 spiro atoms. The lowest BCUT2D eigenvalue weighted by Gasteiger charge is -2.27. The summed E-state index contributed by atoms with van der Waals surface area (Å²) in [5, 5.41) is 21.0. The molecule has 3 heterocycles. The van der Waals surface area contributed by atoms with Crippen LogP contribution in [0.4, 0.5) is 0 Å². The van der Waals surface area contributed by atoms with Crippen molar-refractivity contribution in [3.05, 3.63) is 62.9 Å². The first-order valence-electron chi connectivity index (χ1n) is 7.99. The average molecular weight is 355 g/mol. The van der Waals surface area contributed by atoms with E-state index in [-0.39, 0.29) is 17.1 Å². The van der Waals surface area contributed by atoms with Gasteiger partial charge in [0.15, 0.2) is 17.3 Å². The van der Waals surface area contributed by atoms with Crippen molar-refractivity contribution in [2.45, 2.75) is 19.5 Å². The molecule has 0 bridgehead atoms. The fourth-order valence-electron chi connectivity index (χ4n) is 3.07. The van der Waals surface area contributed by atoms with Gasteiger partial charge in [0.05, 0.1) is 16.1 Å². The number of aromatic nitrogens is 2. The van der Waals surface area contributed by atoms with Gasteiger partial charge >= 0.3 is 0 Å². The van der Waals surface area contributed by atoms with Crippen LogP contribution in [0.3, 0.4) is 0 Å². The molecule has 0 fully saturated rings. The zero-order valence-electron chi connectivity index (χ0n) is 13.4. The Morgan fingerprint density at radius 2 is 2.12 bits per heavy atom. The highest BCUT2D eigenvalue weighted by atomic mass is 32.1. The lowest BCUT2D eigenvalue weighted by molar-refractivity contribution is 0.241. The van der Waals surface area contributed by atoms with Crippen LogP contribution >= 0.6 is 11.3 Å². The van der Waals surface area contributed by atoms with Gasteiger partial charge in [-0.05, 0) is 29.1 Å². The van der Waals surface area contributed by atoms with E-state index >= 15 is 0 Å². The molecule has 1 aromatic carbocycles. The number of H-pyrrole nitrogens is 1. The molecule has 6 nitrogen and oxygen atoms in total. The van der Waals surface area contributed by atoms with E-state index in [0.29, 0.717) is 30.9 Å². The summed E-state index contributed by atoms with van der Waals surface area (Å²) in [5.74, 6) is 0.375. The molecule has 0 radical (unpaired) electrons. The molecule has 0 amide bonds. The maximum Gasteiger partial charge on any atom is 0.255 e. The maximum absolute atomic E-state index is 12.5. The monoisotopic (exact) mass is 355 g/mol. The van der Waals surface area contributed by atoms with Gasteiger partial charge in [0.25, 0.3) is 5.56 Å². The van der Waals surface area contributed by atoms with Crippen LogP contribution in [0.15, 0.2) is 40.5 Å². The van der Waals surface area contributed by atoms with Crippen LogP contribution in [0.25, 0.3) is 10.7 Å². The van der Waals surface area contributed by atoms with Gasteiger partial charge in [-0.2, -0.15) is 0 Å². The topological polar surface area (TPSA) is 89.5 Å². The van der Waals surface area contributed by atoms with E-state index < -0.39 is 0 Å². The maximum atomic E-state index is 12.5. The lowest BCUT2D eigenvalue weighted by Crippen LogP contribution is -2.35. The van der Waals surface area contributed by atoms with E-state index in [2.05, 4.69) is 14.9 Å². The summed E-state index contributed by atoms with van der Waals surface area (Å²) in [4.78, 5) is 23.1. The number of nitrogens with zero attached hydrogens (tertiary/aromatic N) is 2. The SMILES string of the molecule is O=c1[nH]c(-c2cccs2)nc2c1CN(Cc1ccc(O)c(O)c1)CC2. The van der Waals surface area contributed by atoms with Crippen LogP contribution in [-0.2, 0) is 19.5 Å². The van der Waals surface area contributed by atoms with Gasteiger partial charge in [0.2, 0.25) is 0 Å². The predicted octanol–water partition coefficient (Wildman–Crippen LogP) is 2.47. The summed E-state index contributed by atoms with van der Waals surface area (Å²) in [6.07, 6.45) is 0.710. The van der Waals surface area contributed by atoms with Gasteiger partial charge in [-0.15, -0.1) is 11.3 Å². The van der Waals surface area contributed by atoms with Crippen molar-refractivity contribution in [1.29, 1.82) is 0 Å². The van der Waals surface area contributed by atoms with E-state index in [4.69, 9.17) is 0 Å². The van der Waals surface area contributed by atoms with E-state index in [1.54, 1.807) is 23.5 Å². The summed E-state index contributed by atoms with van der Waals surface area (Å²) in [7, 11) is 0. The number of hydrogen-bond donors (Lipinski definition) is 3. The van der Waals surface area contributed by atoms with Crippen molar-refractivity contribution in [3.63, 3.8) is 0 Å². The number of rotatable bonds is 3. The molecular formula is C18H17N3O3S. The molecule has 0 saturated heterocycles. The van der Waals surface area contributed by atoms with Crippen LogP contribution in [-0.4, -0.2) is 31.6 Å². The molecule has 7 heteroatoms. The van der Waals surface area contributed by atoms with Crippen LogP contribution in [0.5, 0.6) is 11.5 Å². The fourth-order valence-corrected chi connectivity index (χ4v) is 3.74. The summed E-state index contributed by atoms with van der Waals surface area (Å²) in [6.45, 7) is 1.90. The third-order valence-corrected chi connectivity index (χ3v) is 5.22. The number of phenols is 2. The minimum absolute atomic E-state index is 0.0911. The van der Waals surface area contributed by atoms with Crippen molar-refractivity contribution in [3.8, 4) is 22.2 Å². The standard InChI is InChI=1S/C18H17N3O3S/c22-14-4-3-11(8-15(14)23)9-21-6-5-13-12(10-21)18(24)20-17(19-13)16-2-1-7-25-16/h1-4,7-8,22-23H,5-6,9-10H2,(H,19,20,24). The molecule has 0 unspecified atom stereocenters. The molecule has 3 N–H and O–H groups in total. The quantitative estimate of drug-likeness (QED) is 0.628. The van der Waals surface area contributed by atoms with Gasteiger partial charge in [0.1, 0.15) is 0 Å². The molecule has 4 rings (SSSR count). The first-order chi connectivity index (χ1) is 12.1. The van der Waals surface area contributed by atoms with Crippen molar-refractivity contribution in [2.75, 3.05) is 6.54 Å². The zero-order valence-corrected chi connectivity index (χ0v) is 14.2. The number of aromatic amines is 1. The first kappa shape index (κ1) is 15.9. The van der Waals surface area contributed by atoms with Gasteiger partial charge in [-0.1, -0.05) is 12.1 Å². The fraction of sp³-hybridized carbons (Fsp3) is 0.222. The average Bonchev–Trinajstić information content (AvgIpc) is 3.13. The number of nitrogens with one attached hydrogen (secondary N) is 1. The van der Waals surface area contributed by atoms with E-state index in [9.17, 15) is 15.0 Å². The van der Waals surface area contributed by atoms with Gasteiger partial charge in [-0.3, -0.25) is 9.69 Å². The summed E-state index contributed by atoms with van der Waals surface area (Å²) >= 11 is 1.55. The van der Waals surface area contributed by atoms with E-state index in [1.807, 2.05) is 17.5 Å². The van der Waals surface area contributed by atoms with E-state index in [0.717, 1.165) is 22.7 Å². The number of hydrogen-bond acceptors (Lipinski definition) is 6. The van der Waals surface area contributed by atoms with Crippen LogP contribution in [0, 0.1) is 0 Å². The Kier molecular flexibility index (Phi) is 4.03. The Balaban J connectivity index is 1.57. The second-order valence-corrected chi connectivity index (χ2v) is 7.05. The molecule has 128 valence electrons. The van der Waals surface area contributed by atoms with Crippen molar-refractivity contribution in [1.82, 2.24) is 14.9 Å². The molecule has 0 aliphatic carbocycles. The molecule has 3 aromatic rings. The Morgan fingerprint density at radius 3 is 2.88 bits per heavy atom. The van der Waals surface area contributed by atoms with Gasteiger partial charge in [0, 0.05) is 26.1 Å². The highest BCUT2D eigenvalue weighted by molar-refractivity contribution is 7.13. The molecule has 1 aliphatic rings. The number of fused-ring (bicyclic) bond motifs is 1. The van der Waals surface area contributed by atoms with Crippen molar-refractivity contribution < 1.29 is 10.2 Å². The smallest absolute Gasteiger partial charge is 0.255 e. The number of aromatic hydroxyl groups is 2. The Bertz CT molecular complexity index is 966. The molecule has 25 heavy (non-hydrogen) atoms. The molecule has 1 aliphatic heterocycles. The second kappa shape index (κ2) is 6.34. The zero-order chi connectivity index (χ0) is 17.4. The van der Waals surface area contributed by atoms with Gasteiger partial charge < -0.3 is 15.2 Å². The highest BCUT2D eigenvalue weighted by Gasteiger charge is 2.22. The number of benzene rings is 1. The summed E-state index contributed by atoms with van der Waals surface area (Å²) in [6, 6.07) is 8.68. The van der Waals surface area contributed by atoms with E-state index in [1.165, 1.54) is 6.07 Å². The normalized spacial score (nSPS) is 14.4. The number of phenolic OH excluding ortho intramolecular Hbond substituents is 2. The summed E-state index contributed by atoms with van der Waals surface area (Å²) in [5.41, 5.74) is 2.36. The molecular weight excluding hydrogens is 338 g/mol. The molecule has 0 saturated carbocycles. The third kappa shape index (κ3) is 3.16. The summed E-state index contributed by atoms with van der Waals surface area (Å²) < 4.78 is 0. The van der Waals surface area contributed by atoms with Crippen molar-refractivity contribution in [2.24, 2.45) is 0 Å². The van der Waals surface area contributed by atoms with Crippen molar-refractivity contribution >= 4 is 11.3 Å². The Labute approximate surface area is 148 Å². The second-order valence-electron chi connectivity index (χ2n) is 6.10. The Morgan fingerprint density at radius 1 is 1.24 bits per heavy atom. The molecule has 0 atom stereocenters. The highest BCUT2D eigenvalue weighted by Crippen LogP contribution is 2.27. The predicted molar refractivity (Wildman–Crippen MR) is 95.8 cm³/mol. The largest absolute Gasteiger partial charge is 0.504 e. The molecule has 2 aromatic heterocycles. The van der Waals surface area contributed by atoms with Crippen LogP contribution in [0.1, 0.15) is 16.8 Å². The minimum Gasteiger partial charge on any atom is -0.504 e. The van der Waals surface area contributed by atoms with Crippen LogP contribution in [0.2, 0.25) is 0 Å². The van der Waals surface area contributed by atoms with Gasteiger partial charge in [-0.25, -0.2) is 4.98 Å². The third-order valence-electron chi connectivity index (χ3n) is 4.35. The lowest BCUT2D eigenvalue weighted by atomic mass is 10.1. The van der Waals surface area contributed by atoms with Crippen LogP contribution < -0.4 is 5.56 Å². The number of thiophene rings is 1. The minimum atomic E-state index is -0.130.